The van der Waals surface area contributed by atoms with E-state index in [1.165, 1.54) is 44.5 Å². The Morgan fingerprint density at radius 2 is 1.91 bits per heavy atom. The van der Waals surface area contributed by atoms with E-state index in [4.69, 9.17) is 0 Å². The number of quaternary nitrogens is 1. The molecule has 0 unspecified atom stereocenters. The topological polar surface area (TPSA) is 65.9 Å². The summed E-state index contributed by atoms with van der Waals surface area (Å²) < 4.78 is 38.8. The maximum atomic E-state index is 12.9. The minimum Gasteiger partial charge on any atom is -0.350 e. The molecule has 6 nitrogen and oxygen atoms in total. The Kier molecular flexibility index (Phi) is 9.00. The molecule has 2 aliphatic heterocycles. The lowest BCUT2D eigenvalue weighted by molar-refractivity contribution is -0.903. The first-order chi connectivity index (χ1) is 15.8. The van der Waals surface area contributed by atoms with E-state index in [2.05, 4.69) is 10.6 Å². The molecule has 2 atom stereocenters. The number of piperidine rings is 2. The number of alkyl halides is 3. The zero-order valence-corrected chi connectivity index (χ0v) is 19.3. The lowest BCUT2D eigenvalue weighted by Gasteiger charge is -2.38. The highest BCUT2D eigenvalue weighted by molar-refractivity contribution is 5.89. The standard InChI is InChI=1S/C24H35F3N4O2/c1-2-18-17-31(23(33)29-21-8-6-7-20(16-21)24(25,26)27)13-9-19(18)15-22(32)28-10-14-30-11-4-3-5-12-30/h6-8,16,18-19H,2-5,9-15,17H2,1H3,(H,28,32)(H,29,33)/p+1/t18-,19-/m0/s1. The normalized spacial score (nSPS) is 22.1. The summed E-state index contributed by atoms with van der Waals surface area (Å²) in [5.74, 6) is 0.455. The van der Waals surface area contributed by atoms with E-state index in [0.717, 1.165) is 25.1 Å². The zero-order valence-electron chi connectivity index (χ0n) is 19.3. The highest BCUT2D eigenvalue weighted by Gasteiger charge is 2.33. The van der Waals surface area contributed by atoms with Crippen LogP contribution in [0.1, 0.15) is 51.0 Å². The molecule has 0 radical (unpaired) electrons. The van der Waals surface area contributed by atoms with Gasteiger partial charge < -0.3 is 20.4 Å². The fourth-order valence-corrected chi connectivity index (χ4v) is 4.96. The zero-order chi connectivity index (χ0) is 23.8. The van der Waals surface area contributed by atoms with Gasteiger partial charge in [-0.2, -0.15) is 13.2 Å². The van der Waals surface area contributed by atoms with Crippen LogP contribution < -0.4 is 15.5 Å². The molecule has 0 aromatic heterocycles. The van der Waals surface area contributed by atoms with Crippen molar-refractivity contribution in [1.29, 1.82) is 0 Å². The Balaban J connectivity index is 1.45. The maximum Gasteiger partial charge on any atom is 0.416 e. The molecule has 0 saturated carbocycles. The molecule has 184 valence electrons. The first kappa shape index (κ1) is 25.3. The monoisotopic (exact) mass is 469 g/mol. The van der Waals surface area contributed by atoms with E-state index >= 15 is 0 Å². The lowest BCUT2D eigenvalue weighted by atomic mass is 9.81. The summed E-state index contributed by atoms with van der Waals surface area (Å²) in [6, 6.07) is 4.25. The number of halogens is 3. The first-order valence-electron chi connectivity index (χ1n) is 12.1. The molecule has 0 spiro atoms. The van der Waals surface area contributed by atoms with Crippen molar-refractivity contribution in [3.8, 4) is 0 Å². The summed E-state index contributed by atoms with van der Waals surface area (Å²) in [5.41, 5.74) is -0.668. The van der Waals surface area contributed by atoms with Crippen LogP contribution in [0.15, 0.2) is 24.3 Å². The fourth-order valence-electron chi connectivity index (χ4n) is 4.96. The predicted octanol–water partition coefficient (Wildman–Crippen LogP) is 3.16. The second kappa shape index (κ2) is 11.7. The average molecular weight is 470 g/mol. The van der Waals surface area contributed by atoms with Crippen LogP contribution in [-0.2, 0) is 11.0 Å². The summed E-state index contributed by atoms with van der Waals surface area (Å²) in [7, 11) is 0. The molecule has 9 heteroatoms. The van der Waals surface area contributed by atoms with Gasteiger partial charge in [0.1, 0.15) is 0 Å². The third-order valence-corrected chi connectivity index (χ3v) is 6.95. The summed E-state index contributed by atoms with van der Waals surface area (Å²) in [4.78, 5) is 28.3. The number of benzene rings is 1. The van der Waals surface area contributed by atoms with Gasteiger partial charge in [0.05, 0.1) is 31.7 Å². The van der Waals surface area contributed by atoms with Crippen molar-refractivity contribution in [2.75, 3.05) is 44.6 Å². The van der Waals surface area contributed by atoms with Crippen molar-refractivity contribution in [1.82, 2.24) is 10.2 Å². The summed E-state index contributed by atoms with van der Waals surface area (Å²) in [6.45, 7) is 7.07. The van der Waals surface area contributed by atoms with Crippen molar-refractivity contribution in [2.45, 2.75) is 51.6 Å². The summed E-state index contributed by atoms with van der Waals surface area (Å²) in [6.07, 6.45) is 1.38. The Morgan fingerprint density at radius 1 is 1.15 bits per heavy atom. The van der Waals surface area contributed by atoms with Crippen molar-refractivity contribution < 1.29 is 27.7 Å². The Bertz CT molecular complexity index is 796. The van der Waals surface area contributed by atoms with E-state index in [0.29, 0.717) is 32.5 Å². The minimum atomic E-state index is -4.46. The molecule has 0 bridgehead atoms. The van der Waals surface area contributed by atoms with Crippen LogP contribution in [0.4, 0.5) is 23.7 Å². The quantitative estimate of drug-likeness (QED) is 0.575. The minimum absolute atomic E-state index is 0.0664. The molecule has 3 rings (SSSR count). The number of hydrogen-bond donors (Lipinski definition) is 3. The molecule has 3 amide bonds. The van der Waals surface area contributed by atoms with Gasteiger partial charge in [0.15, 0.2) is 0 Å². The van der Waals surface area contributed by atoms with Gasteiger partial charge in [-0.05, 0) is 55.7 Å². The van der Waals surface area contributed by atoms with Gasteiger partial charge in [0, 0.05) is 25.2 Å². The van der Waals surface area contributed by atoms with Crippen LogP contribution in [0.25, 0.3) is 0 Å². The highest BCUT2D eigenvalue weighted by Crippen LogP contribution is 2.32. The molecule has 1 aromatic rings. The number of nitrogens with one attached hydrogen (secondary N) is 3. The second-order valence-corrected chi connectivity index (χ2v) is 9.29. The number of anilines is 1. The van der Waals surface area contributed by atoms with Crippen molar-refractivity contribution >= 4 is 17.6 Å². The smallest absolute Gasteiger partial charge is 0.350 e. The van der Waals surface area contributed by atoms with E-state index in [1.807, 2.05) is 6.92 Å². The number of hydrogen-bond acceptors (Lipinski definition) is 2. The number of likely N-dealkylation sites (tertiary alicyclic amines) is 2. The van der Waals surface area contributed by atoms with Crippen LogP contribution in [-0.4, -0.2) is 56.1 Å². The SMILES string of the molecule is CC[C@H]1CN(C(=O)Nc2cccc(C(F)(F)F)c2)CC[C@H]1CC(=O)NCC[NH+]1CCCCC1. The maximum absolute atomic E-state index is 12.9. The highest BCUT2D eigenvalue weighted by atomic mass is 19.4. The Hall–Kier alpha value is -2.29. The molecule has 2 saturated heterocycles. The van der Waals surface area contributed by atoms with E-state index in [-0.39, 0.29) is 23.4 Å². The number of carbonyl (C=O) groups excluding carboxylic acids is 2. The first-order valence-corrected chi connectivity index (χ1v) is 12.1. The number of nitrogens with zero attached hydrogens (tertiary/aromatic N) is 1. The predicted molar refractivity (Wildman–Crippen MR) is 121 cm³/mol. The molecule has 2 heterocycles. The number of amides is 3. The van der Waals surface area contributed by atoms with Crippen LogP contribution >= 0.6 is 0 Å². The molecule has 2 fully saturated rings. The average Bonchev–Trinajstić information content (AvgIpc) is 2.79. The second-order valence-electron chi connectivity index (χ2n) is 9.29. The van der Waals surface area contributed by atoms with Gasteiger partial charge in [-0.1, -0.05) is 19.4 Å². The Labute approximate surface area is 193 Å². The number of rotatable bonds is 7. The molecule has 1 aromatic carbocycles. The molecule has 3 N–H and O–H groups in total. The van der Waals surface area contributed by atoms with Gasteiger partial charge in [-0.25, -0.2) is 4.79 Å². The molecule has 2 aliphatic rings. The van der Waals surface area contributed by atoms with Gasteiger partial charge >= 0.3 is 12.2 Å². The molecule has 0 aliphatic carbocycles. The fraction of sp³-hybridized carbons (Fsp3) is 0.667. The molecular formula is C24H36F3N4O2+. The van der Waals surface area contributed by atoms with Crippen LogP contribution in [0, 0.1) is 11.8 Å². The van der Waals surface area contributed by atoms with Crippen molar-refractivity contribution in [3.63, 3.8) is 0 Å². The number of urea groups is 1. The van der Waals surface area contributed by atoms with Gasteiger partial charge in [0.2, 0.25) is 5.91 Å². The number of carbonyl (C=O) groups is 2. The van der Waals surface area contributed by atoms with Gasteiger partial charge in [0.25, 0.3) is 0 Å². The third-order valence-electron chi connectivity index (χ3n) is 6.95. The van der Waals surface area contributed by atoms with Gasteiger partial charge in [-0.15, -0.1) is 0 Å². The van der Waals surface area contributed by atoms with Gasteiger partial charge in [-0.3, -0.25) is 4.79 Å². The lowest BCUT2D eigenvalue weighted by Crippen LogP contribution is -3.13. The third kappa shape index (κ3) is 7.62. The van der Waals surface area contributed by atoms with Crippen LogP contribution in [0.2, 0.25) is 0 Å². The van der Waals surface area contributed by atoms with Crippen molar-refractivity contribution in [3.05, 3.63) is 29.8 Å². The van der Waals surface area contributed by atoms with E-state index < -0.39 is 17.8 Å². The largest absolute Gasteiger partial charge is 0.416 e. The molecular weight excluding hydrogens is 433 g/mol. The molecule has 33 heavy (non-hydrogen) atoms. The van der Waals surface area contributed by atoms with E-state index in [9.17, 15) is 22.8 Å². The van der Waals surface area contributed by atoms with Crippen LogP contribution in [0.5, 0.6) is 0 Å². The summed E-state index contributed by atoms with van der Waals surface area (Å²) in [5, 5.41) is 5.65. The van der Waals surface area contributed by atoms with E-state index in [1.54, 1.807) is 9.80 Å². The Morgan fingerprint density at radius 3 is 2.61 bits per heavy atom. The van der Waals surface area contributed by atoms with Crippen molar-refractivity contribution in [2.24, 2.45) is 11.8 Å². The summed E-state index contributed by atoms with van der Waals surface area (Å²) >= 11 is 0. The van der Waals surface area contributed by atoms with Crippen LogP contribution in [0.3, 0.4) is 0 Å².